The van der Waals surface area contributed by atoms with Crippen LogP contribution >= 0.6 is 12.4 Å². The van der Waals surface area contributed by atoms with Gasteiger partial charge in [-0.25, -0.2) is 4.39 Å². The van der Waals surface area contributed by atoms with E-state index in [1.807, 2.05) is 6.92 Å². The third-order valence-electron chi connectivity index (χ3n) is 4.45. The molecule has 1 aromatic carbocycles. The minimum absolute atomic E-state index is 0. The second kappa shape index (κ2) is 9.35. The van der Waals surface area contributed by atoms with Crippen molar-refractivity contribution in [2.45, 2.75) is 26.9 Å². The highest BCUT2D eigenvalue weighted by Crippen LogP contribution is 2.22. The predicted molar refractivity (Wildman–Crippen MR) is 95.5 cm³/mol. The SMILES string of the molecule is CC(C)CN(CC(O)c1ccc(F)cc1)C(=O)C(C)C1CNC1.Cl. The smallest absolute Gasteiger partial charge is 0.225 e. The van der Waals surface area contributed by atoms with Crippen LogP contribution in [0.15, 0.2) is 24.3 Å². The second-order valence-corrected chi connectivity index (χ2v) is 6.91. The van der Waals surface area contributed by atoms with Crippen LogP contribution in [-0.4, -0.2) is 42.1 Å². The summed E-state index contributed by atoms with van der Waals surface area (Å²) >= 11 is 0. The lowest BCUT2D eigenvalue weighted by Gasteiger charge is -2.36. The minimum Gasteiger partial charge on any atom is -0.387 e. The van der Waals surface area contributed by atoms with Crippen molar-refractivity contribution in [3.05, 3.63) is 35.6 Å². The highest BCUT2D eigenvalue weighted by atomic mass is 35.5. The zero-order chi connectivity index (χ0) is 17.0. The van der Waals surface area contributed by atoms with Crippen molar-refractivity contribution in [1.82, 2.24) is 10.2 Å². The topological polar surface area (TPSA) is 52.6 Å². The Labute approximate surface area is 149 Å². The van der Waals surface area contributed by atoms with Gasteiger partial charge in [0.25, 0.3) is 0 Å². The molecule has 0 spiro atoms. The molecule has 2 rings (SSSR count). The van der Waals surface area contributed by atoms with Gasteiger partial charge >= 0.3 is 0 Å². The average Bonchev–Trinajstić information content (AvgIpc) is 2.44. The fraction of sp³-hybridized carbons (Fsp3) is 0.611. The van der Waals surface area contributed by atoms with Gasteiger partial charge in [0.2, 0.25) is 5.91 Å². The zero-order valence-electron chi connectivity index (χ0n) is 14.5. The van der Waals surface area contributed by atoms with E-state index in [-0.39, 0.29) is 36.6 Å². The van der Waals surface area contributed by atoms with Crippen molar-refractivity contribution in [2.75, 3.05) is 26.2 Å². The molecule has 2 N–H and O–H groups in total. The van der Waals surface area contributed by atoms with E-state index in [1.54, 1.807) is 17.0 Å². The Bertz CT molecular complexity index is 520. The van der Waals surface area contributed by atoms with Gasteiger partial charge in [-0.05, 0) is 42.6 Å². The number of carbonyl (C=O) groups excluding carboxylic acids is 1. The van der Waals surface area contributed by atoms with Gasteiger partial charge in [0.15, 0.2) is 0 Å². The van der Waals surface area contributed by atoms with Crippen LogP contribution in [0.2, 0.25) is 0 Å². The van der Waals surface area contributed by atoms with Crippen molar-refractivity contribution >= 4 is 18.3 Å². The molecule has 1 saturated heterocycles. The lowest BCUT2D eigenvalue weighted by molar-refractivity contribution is -0.139. The molecule has 0 aromatic heterocycles. The first kappa shape index (κ1) is 20.9. The Balaban J connectivity index is 0.00000288. The molecule has 1 amide bonds. The van der Waals surface area contributed by atoms with Gasteiger partial charge in [-0.2, -0.15) is 0 Å². The maximum atomic E-state index is 13.0. The molecule has 2 atom stereocenters. The number of hydrogen-bond acceptors (Lipinski definition) is 3. The van der Waals surface area contributed by atoms with E-state index < -0.39 is 6.10 Å². The average molecular weight is 359 g/mol. The van der Waals surface area contributed by atoms with Gasteiger partial charge in [0.1, 0.15) is 5.82 Å². The molecule has 0 radical (unpaired) electrons. The van der Waals surface area contributed by atoms with Crippen LogP contribution in [0.5, 0.6) is 0 Å². The summed E-state index contributed by atoms with van der Waals surface area (Å²) in [5.41, 5.74) is 0.630. The quantitative estimate of drug-likeness (QED) is 0.787. The van der Waals surface area contributed by atoms with Crippen LogP contribution in [0, 0.1) is 23.6 Å². The second-order valence-electron chi connectivity index (χ2n) is 6.91. The molecule has 1 fully saturated rings. The third-order valence-corrected chi connectivity index (χ3v) is 4.45. The van der Waals surface area contributed by atoms with Crippen LogP contribution in [-0.2, 0) is 4.79 Å². The zero-order valence-corrected chi connectivity index (χ0v) is 15.4. The minimum atomic E-state index is -0.801. The summed E-state index contributed by atoms with van der Waals surface area (Å²) in [6, 6.07) is 5.79. The molecular formula is C18H28ClFN2O2. The highest BCUT2D eigenvalue weighted by molar-refractivity contribution is 5.85. The summed E-state index contributed by atoms with van der Waals surface area (Å²) in [5.74, 6) is 0.412. The number of aliphatic hydroxyl groups is 1. The Morgan fingerprint density at radius 3 is 2.29 bits per heavy atom. The number of carbonyl (C=O) groups is 1. The van der Waals surface area contributed by atoms with Gasteiger partial charge in [-0.3, -0.25) is 4.79 Å². The largest absolute Gasteiger partial charge is 0.387 e. The molecule has 0 aliphatic carbocycles. The third kappa shape index (κ3) is 5.43. The van der Waals surface area contributed by atoms with Crippen molar-refractivity contribution in [3.63, 3.8) is 0 Å². The summed E-state index contributed by atoms with van der Waals surface area (Å²) < 4.78 is 13.0. The van der Waals surface area contributed by atoms with Crippen LogP contribution in [0.1, 0.15) is 32.4 Å². The van der Waals surface area contributed by atoms with Gasteiger partial charge in [-0.15, -0.1) is 12.4 Å². The molecule has 24 heavy (non-hydrogen) atoms. The molecule has 1 aliphatic rings. The summed E-state index contributed by atoms with van der Waals surface area (Å²) in [6.07, 6.45) is -0.801. The summed E-state index contributed by atoms with van der Waals surface area (Å²) in [7, 11) is 0. The standard InChI is InChI=1S/C18H27FN2O2.ClH/c1-12(2)10-21(18(23)13(3)15-8-20-9-15)11-17(22)14-4-6-16(19)7-5-14;/h4-7,12-13,15,17,20,22H,8-11H2,1-3H3;1H. The van der Waals surface area contributed by atoms with Gasteiger partial charge in [-0.1, -0.05) is 32.9 Å². The molecule has 1 aromatic rings. The molecule has 4 nitrogen and oxygen atoms in total. The lowest BCUT2D eigenvalue weighted by atomic mass is 9.87. The number of amides is 1. The Morgan fingerprint density at radius 2 is 1.83 bits per heavy atom. The van der Waals surface area contributed by atoms with Crippen molar-refractivity contribution in [3.8, 4) is 0 Å². The number of benzene rings is 1. The molecule has 0 saturated carbocycles. The van der Waals surface area contributed by atoms with E-state index in [0.29, 0.717) is 23.9 Å². The number of nitrogens with one attached hydrogen (secondary N) is 1. The summed E-state index contributed by atoms with van der Waals surface area (Å²) in [5, 5.41) is 13.6. The first-order valence-corrected chi connectivity index (χ1v) is 8.31. The molecule has 0 bridgehead atoms. The van der Waals surface area contributed by atoms with Crippen molar-refractivity contribution < 1.29 is 14.3 Å². The van der Waals surface area contributed by atoms with Gasteiger partial charge < -0.3 is 15.3 Å². The Kier molecular flexibility index (Phi) is 8.13. The summed E-state index contributed by atoms with van der Waals surface area (Å²) in [6.45, 7) is 8.69. The number of nitrogens with zero attached hydrogens (tertiary/aromatic N) is 1. The Hall–Kier alpha value is -1.17. The normalized spacial score (nSPS) is 16.9. The van der Waals surface area contributed by atoms with E-state index in [2.05, 4.69) is 19.2 Å². The van der Waals surface area contributed by atoms with E-state index in [1.165, 1.54) is 12.1 Å². The molecule has 2 unspecified atom stereocenters. The molecular weight excluding hydrogens is 331 g/mol. The van der Waals surface area contributed by atoms with Crippen LogP contribution < -0.4 is 5.32 Å². The fourth-order valence-electron chi connectivity index (χ4n) is 2.85. The maximum Gasteiger partial charge on any atom is 0.225 e. The van der Waals surface area contributed by atoms with Crippen LogP contribution in [0.25, 0.3) is 0 Å². The van der Waals surface area contributed by atoms with Gasteiger partial charge in [0, 0.05) is 12.5 Å². The van der Waals surface area contributed by atoms with Crippen LogP contribution in [0.3, 0.4) is 0 Å². The van der Waals surface area contributed by atoms with Gasteiger partial charge in [0.05, 0.1) is 12.6 Å². The van der Waals surface area contributed by atoms with Crippen molar-refractivity contribution in [2.24, 2.45) is 17.8 Å². The molecule has 1 heterocycles. The monoisotopic (exact) mass is 358 g/mol. The summed E-state index contributed by atoms with van der Waals surface area (Å²) in [4.78, 5) is 14.5. The number of rotatable bonds is 7. The number of hydrogen-bond donors (Lipinski definition) is 2. The fourth-order valence-corrected chi connectivity index (χ4v) is 2.85. The number of halogens is 2. The maximum absolute atomic E-state index is 13.0. The predicted octanol–water partition coefficient (Wildman–Crippen LogP) is 2.62. The van der Waals surface area contributed by atoms with E-state index in [0.717, 1.165) is 13.1 Å². The lowest BCUT2D eigenvalue weighted by Crippen LogP contribution is -2.51. The van der Waals surface area contributed by atoms with E-state index >= 15 is 0 Å². The Morgan fingerprint density at radius 1 is 1.25 bits per heavy atom. The highest BCUT2D eigenvalue weighted by Gasteiger charge is 2.32. The van der Waals surface area contributed by atoms with Crippen LogP contribution in [0.4, 0.5) is 4.39 Å². The van der Waals surface area contributed by atoms with Crippen molar-refractivity contribution in [1.29, 1.82) is 0 Å². The molecule has 136 valence electrons. The first-order chi connectivity index (χ1) is 10.9. The number of aliphatic hydroxyl groups excluding tert-OH is 1. The van der Waals surface area contributed by atoms with E-state index in [4.69, 9.17) is 0 Å². The molecule has 6 heteroatoms. The van der Waals surface area contributed by atoms with E-state index in [9.17, 15) is 14.3 Å². The molecule has 1 aliphatic heterocycles. The first-order valence-electron chi connectivity index (χ1n) is 8.31.